The Hall–Kier alpha value is -1.68. The summed E-state index contributed by atoms with van der Waals surface area (Å²) in [6, 6.07) is 0. The van der Waals surface area contributed by atoms with Crippen molar-refractivity contribution in [3.05, 3.63) is 47.3 Å². The third kappa shape index (κ3) is 50.0. The van der Waals surface area contributed by atoms with E-state index in [2.05, 4.69) is 60.1 Å². The fourth-order valence-corrected chi connectivity index (χ4v) is 3.87. The topological polar surface area (TPSA) is 20.2 Å². The van der Waals surface area contributed by atoms with Crippen molar-refractivity contribution in [3.63, 3.8) is 0 Å². The zero-order valence-electron chi connectivity index (χ0n) is 34.9. The van der Waals surface area contributed by atoms with E-state index in [1.54, 1.807) is 0 Å². The van der Waals surface area contributed by atoms with Gasteiger partial charge in [-0.25, -0.2) is 0 Å². The van der Waals surface area contributed by atoms with Crippen molar-refractivity contribution in [2.45, 2.75) is 190 Å². The fourth-order valence-electron chi connectivity index (χ4n) is 3.87. The van der Waals surface area contributed by atoms with Crippen LogP contribution in [-0.2, 0) is 0 Å². The van der Waals surface area contributed by atoms with E-state index in [1.165, 1.54) is 50.5 Å². The third-order valence-electron chi connectivity index (χ3n) is 6.83. The molecule has 0 aliphatic heterocycles. The summed E-state index contributed by atoms with van der Waals surface area (Å²) in [6.07, 6.45) is 24.2. The van der Waals surface area contributed by atoms with Gasteiger partial charge in [0.25, 0.3) is 0 Å². The molecule has 1 N–H and O–H groups in total. The maximum atomic E-state index is 9.35. The average Bonchev–Trinajstić information content (AvgIpc) is 3.06. The smallest absolute Gasteiger partial charge is 0.0976 e. The summed E-state index contributed by atoms with van der Waals surface area (Å²) in [5, 5.41) is 9.35. The maximum Gasteiger partial charge on any atom is 0.0976 e. The van der Waals surface area contributed by atoms with Gasteiger partial charge < -0.3 is 5.11 Å². The van der Waals surface area contributed by atoms with Gasteiger partial charge in [-0.3, -0.25) is 0 Å². The highest BCUT2D eigenvalue weighted by molar-refractivity contribution is 5.22. The van der Waals surface area contributed by atoms with Crippen LogP contribution >= 0.6 is 0 Å². The molecule has 0 atom stereocenters. The molecule has 0 aromatic heterocycles. The van der Waals surface area contributed by atoms with E-state index in [4.69, 9.17) is 0 Å². The molecule has 0 bridgehead atoms. The molecule has 44 heavy (non-hydrogen) atoms. The number of allylic oxidation sites excluding steroid dienone is 7. The third-order valence-corrected chi connectivity index (χ3v) is 6.83. The molecule has 2 aliphatic rings. The van der Waals surface area contributed by atoms with Gasteiger partial charge in [-0.1, -0.05) is 179 Å². The monoisotopic (exact) mass is 623 g/mol. The zero-order valence-corrected chi connectivity index (χ0v) is 34.9. The second-order valence-corrected chi connectivity index (χ2v) is 10.7. The zero-order chi connectivity index (χ0) is 37.3. The molecule has 1 nitrogen and oxygen atoms in total. The van der Waals surface area contributed by atoms with Crippen molar-refractivity contribution in [2.24, 2.45) is 29.6 Å². The summed E-state index contributed by atoms with van der Waals surface area (Å²) in [7, 11) is 0. The molecule has 0 radical (unpaired) electrons. The number of aliphatic hydroxyl groups excluding tert-OH is 1. The minimum atomic E-state index is 0.233. The Morgan fingerprint density at radius 1 is 0.727 bits per heavy atom. The lowest BCUT2D eigenvalue weighted by molar-refractivity contribution is 0.206. The van der Waals surface area contributed by atoms with Gasteiger partial charge in [0, 0.05) is 5.92 Å². The van der Waals surface area contributed by atoms with Gasteiger partial charge >= 0.3 is 0 Å². The van der Waals surface area contributed by atoms with Crippen LogP contribution in [0.4, 0.5) is 0 Å². The summed E-state index contributed by atoms with van der Waals surface area (Å²) in [4.78, 5) is 0. The van der Waals surface area contributed by atoms with E-state index in [0.29, 0.717) is 5.76 Å². The highest BCUT2D eigenvalue weighted by Gasteiger charge is 2.22. The van der Waals surface area contributed by atoms with Crippen molar-refractivity contribution < 1.29 is 5.11 Å². The Labute approximate surface area is 284 Å². The predicted octanol–water partition coefficient (Wildman–Crippen LogP) is 16.2. The van der Waals surface area contributed by atoms with Crippen LogP contribution in [0, 0.1) is 42.4 Å². The number of terminal acetylenes is 1. The molecule has 2 aliphatic carbocycles. The fraction of sp³-hybridized carbons (Fsp3) is 0.767. The standard InChI is InChI=1S/C9H16O.C8H16.C7H14.C7H12.5C2H6.C2H2/c1-5-6-8(4)9(10)7(2)3;1-7-3-5-8(2)6-4-7;1-3-7-4-6(2)5-7;1-5-7(4)6(2)3;6*1-2/h5-7,10H,1-4H3;7-8H,3-6H2,1-2H3;6-7H,3-5H2,1-2H3;5H,2H2,1,3-4H3;5*1-2H3;1-2H/b6-5+,9-8+;;;7-5+;;;;;;. The van der Waals surface area contributed by atoms with Gasteiger partial charge in [0.05, 0.1) is 5.76 Å². The molecule has 2 saturated carbocycles. The average molecular weight is 623 g/mol. The van der Waals surface area contributed by atoms with Gasteiger partial charge in [-0.15, -0.1) is 12.8 Å². The van der Waals surface area contributed by atoms with E-state index in [-0.39, 0.29) is 5.92 Å². The first-order chi connectivity index (χ1) is 20.9. The highest BCUT2D eigenvalue weighted by Crippen LogP contribution is 2.34. The van der Waals surface area contributed by atoms with E-state index >= 15 is 0 Å². The first-order valence-electron chi connectivity index (χ1n) is 18.5. The van der Waals surface area contributed by atoms with Crippen molar-refractivity contribution >= 4 is 0 Å². The van der Waals surface area contributed by atoms with Gasteiger partial charge in [0.15, 0.2) is 0 Å². The molecule has 0 amide bonds. The summed E-state index contributed by atoms with van der Waals surface area (Å²) >= 11 is 0. The van der Waals surface area contributed by atoms with Crippen LogP contribution in [0.25, 0.3) is 0 Å². The number of hydrogen-bond acceptors (Lipinski definition) is 1. The van der Waals surface area contributed by atoms with E-state index in [0.717, 1.165) is 34.8 Å². The second kappa shape index (κ2) is 53.8. The van der Waals surface area contributed by atoms with Crippen molar-refractivity contribution in [3.8, 4) is 12.8 Å². The lowest BCUT2D eigenvalue weighted by atomic mass is 9.75. The Morgan fingerprint density at radius 2 is 1.05 bits per heavy atom. The summed E-state index contributed by atoms with van der Waals surface area (Å²) in [6.45, 7) is 47.0. The van der Waals surface area contributed by atoms with Gasteiger partial charge in [0.1, 0.15) is 0 Å². The SMILES string of the molecule is C#C.C/C=C/C(C)=C(/O)C(C)C.C=C(C)/C(C)=C/C.CC.CC.CC.CC.CC.CC1CCC(C)CC1.CCC1CC(C)C1. The van der Waals surface area contributed by atoms with E-state index < -0.39 is 0 Å². The molecule has 268 valence electrons. The number of rotatable bonds is 4. The number of hydrogen-bond donors (Lipinski definition) is 1. The van der Waals surface area contributed by atoms with Crippen LogP contribution in [0.3, 0.4) is 0 Å². The largest absolute Gasteiger partial charge is 0.512 e. The van der Waals surface area contributed by atoms with Crippen molar-refractivity contribution in [2.75, 3.05) is 0 Å². The molecule has 0 unspecified atom stereocenters. The molecule has 0 aromatic rings. The van der Waals surface area contributed by atoms with Crippen molar-refractivity contribution in [1.29, 1.82) is 0 Å². The first-order valence-corrected chi connectivity index (χ1v) is 18.5. The quantitative estimate of drug-likeness (QED) is 0.188. The molecule has 0 saturated heterocycles. The maximum absolute atomic E-state index is 9.35. The van der Waals surface area contributed by atoms with E-state index in [9.17, 15) is 5.11 Å². The molecular weight excluding hydrogens is 532 g/mol. The molecule has 0 spiro atoms. The van der Waals surface area contributed by atoms with Gasteiger partial charge in [0.2, 0.25) is 0 Å². The molecule has 2 fully saturated rings. The van der Waals surface area contributed by atoms with Crippen molar-refractivity contribution in [1.82, 2.24) is 0 Å². The minimum absolute atomic E-state index is 0.233. The minimum Gasteiger partial charge on any atom is -0.512 e. The van der Waals surface area contributed by atoms with Crippen LogP contribution in [0.1, 0.15) is 190 Å². The summed E-state index contributed by atoms with van der Waals surface area (Å²) < 4.78 is 0. The van der Waals surface area contributed by atoms with Crippen LogP contribution < -0.4 is 0 Å². The molecular formula is C43H90O. The van der Waals surface area contributed by atoms with Gasteiger partial charge in [-0.2, -0.15) is 0 Å². The van der Waals surface area contributed by atoms with Crippen LogP contribution in [0.15, 0.2) is 47.3 Å². The second-order valence-electron chi connectivity index (χ2n) is 10.7. The Bertz CT molecular complexity index is 590. The number of aliphatic hydroxyl groups is 1. The molecule has 1 heteroatoms. The Balaban J connectivity index is -0.0000000589. The summed E-state index contributed by atoms with van der Waals surface area (Å²) in [5.74, 6) is 4.90. The highest BCUT2D eigenvalue weighted by atomic mass is 16.3. The van der Waals surface area contributed by atoms with Crippen LogP contribution in [0.5, 0.6) is 0 Å². The lowest BCUT2D eigenvalue weighted by Crippen LogP contribution is -2.19. The predicted molar refractivity (Wildman–Crippen MR) is 215 cm³/mol. The van der Waals surface area contributed by atoms with Gasteiger partial charge in [-0.05, 0) is 76.7 Å². The molecule has 0 aromatic carbocycles. The van der Waals surface area contributed by atoms with Crippen LogP contribution in [-0.4, -0.2) is 5.11 Å². The van der Waals surface area contributed by atoms with Crippen LogP contribution in [0.2, 0.25) is 0 Å². The van der Waals surface area contributed by atoms with E-state index in [1.807, 2.05) is 123 Å². The molecule has 2 rings (SSSR count). The first kappa shape index (κ1) is 61.3. The molecule has 0 heterocycles. The summed E-state index contributed by atoms with van der Waals surface area (Å²) in [5.41, 5.74) is 3.39. The Morgan fingerprint density at radius 3 is 1.18 bits per heavy atom. The lowest BCUT2D eigenvalue weighted by Gasteiger charge is -2.31. The normalized spacial score (nSPS) is 19.5. The Kier molecular flexibility index (Phi) is 75.1.